The fourth-order valence-corrected chi connectivity index (χ4v) is 1.01. The summed E-state index contributed by atoms with van der Waals surface area (Å²) in [5.74, 6) is -1.31. The molecule has 0 aromatic heterocycles. The molecular weight excluding hydrogens is 164 g/mol. The minimum Gasteiger partial charge on any atom is -0.458 e. The molecule has 12 heavy (non-hydrogen) atoms. The minimum absolute atomic E-state index is 0.0268. The van der Waals surface area contributed by atoms with Gasteiger partial charge in [0.25, 0.3) is 0 Å². The molecule has 0 atom stereocenters. The van der Waals surface area contributed by atoms with Crippen LogP contribution in [0.15, 0.2) is 24.6 Å². The van der Waals surface area contributed by atoms with E-state index in [1.54, 1.807) is 0 Å². The third kappa shape index (κ3) is 1.01. The van der Waals surface area contributed by atoms with Gasteiger partial charge in [-0.2, -0.15) is 0 Å². The minimum atomic E-state index is -0.707. The Morgan fingerprint density at radius 3 is 2.92 bits per heavy atom. The second-order valence-electron chi connectivity index (χ2n) is 2.33. The number of rotatable bonds is 0. The van der Waals surface area contributed by atoms with Crippen LogP contribution in [0.1, 0.15) is 0 Å². The van der Waals surface area contributed by atoms with Crippen molar-refractivity contribution in [2.24, 2.45) is 0 Å². The largest absolute Gasteiger partial charge is 0.458 e. The maximum atomic E-state index is 12.9. The number of anilines is 1. The molecule has 1 aliphatic rings. The van der Waals surface area contributed by atoms with Crippen molar-refractivity contribution in [2.45, 2.75) is 0 Å². The second-order valence-corrected chi connectivity index (χ2v) is 2.33. The molecule has 62 valence electrons. The van der Waals surface area contributed by atoms with Gasteiger partial charge in [0.05, 0.1) is 5.69 Å². The lowest BCUT2D eigenvalue weighted by atomic mass is 10.2. The van der Waals surface area contributed by atoms with E-state index in [9.17, 15) is 8.78 Å². The van der Waals surface area contributed by atoms with Crippen LogP contribution in [0.5, 0.6) is 5.75 Å². The van der Waals surface area contributed by atoms with Gasteiger partial charge in [-0.05, 0) is 0 Å². The van der Waals surface area contributed by atoms with Gasteiger partial charge in [0.15, 0.2) is 11.6 Å². The predicted octanol–water partition coefficient (Wildman–Crippen LogP) is 2.24. The summed E-state index contributed by atoms with van der Waals surface area (Å²) in [7, 11) is 0. The molecule has 0 amide bonds. The van der Waals surface area contributed by atoms with E-state index in [0.29, 0.717) is 5.69 Å². The molecule has 1 aliphatic heterocycles. The maximum absolute atomic E-state index is 12.9. The lowest BCUT2D eigenvalue weighted by molar-refractivity contribution is 0.433. The molecule has 1 aromatic rings. The molecule has 0 radical (unpaired) electrons. The monoisotopic (exact) mass is 169 g/mol. The van der Waals surface area contributed by atoms with Gasteiger partial charge in [0, 0.05) is 18.3 Å². The number of hydrogen-bond acceptors (Lipinski definition) is 2. The van der Waals surface area contributed by atoms with Crippen molar-refractivity contribution in [1.29, 1.82) is 0 Å². The van der Waals surface area contributed by atoms with E-state index in [2.05, 4.69) is 5.32 Å². The van der Waals surface area contributed by atoms with Crippen molar-refractivity contribution >= 4 is 5.69 Å². The lowest BCUT2D eigenvalue weighted by Crippen LogP contribution is -2.02. The Morgan fingerprint density at radius 2 is 2.08 bits per heavy atom. The second kappa shape index (κ2) is 2.48. The quantitative estimate of drug-likeness (QED) is 0.643. The third-order valence-corrected chi connectivity index (χ3v) is 1.50. The van der Waals surface area contributed by atoms with Crippen LogP contribution < -0.4 is 10.1 Å². The van der Waals surface area contributed by atoms with Crippen LogP contribution in [-0.2, 0) is 0 Å². The van der Waals surface area contributed by atoms with Gasteiger partial charge < -0.3 is 10.1 Å². The van der Waals surface area contributed by atoms with Crippen molar-refractivity contribution in [3.8, 4) is 5.75 Å². The lowest BCUT2D eigenvalue weighted by Gasteiger charge is -2.13. The fourth-order valence-electron chi connectivity index (χ4n) is 1.01. The highest BCUT2D eigenvalue weighted by molar-refractivity contribution is 5.60. The van der Waals surface area contributed by atoms with Crippen LogP contribution in [0.3, 0.4) is 0 Å². The van der Waals surface area contributed by atoms with Crippen molar-refractivity contribution < 1.29 is 13.5 Å². The van der Waals surface area contributed by atoms with Gasteiger partial charge in [-0.3, -0.25) is 0 Å². The Bertz CT molecular complexity index is 349. The van der Waals surface area contributed by atoms with Crippen LogP contribution in [-0.4, -0.2) is 0 Å². The summed E-state index contributed by atoms with van der Waals surface area (Å²) in [6.45, 7) is 0. The number of nitrogens with one attached hydrogen (secondary N) is 1. The highest BCUT2D eigenvalue weighted by Gasteiger charge is 2.13. The SMILES string of the molecule is Fc1cc(F)c2c(c1)NC=CO2. The van der Waals surface area contributed by atoms with E-state index in [-0.39, 0.29) is 5.75 Å². The number of hydrogen-bond donors (Lipinski definition) is 1. The van der Waals surface area contributed by atoms with Crippen molar-refractivity contribution in [3.05, 3.63) is 36.2 Å². The average molecular weight is 169 g/mol. The van der Waals surface area contributed by atoms with Crippen LogP contribution >= 0.6 is 0 Å². The Morgan fingerprint density at radius 1 is 1.25 bits per heavy atom. The van der Waals surface area contributed by atoms with Crippen LogP contribution in [0.4, 0.5) is 14.5 Å². The molecule has 1 aromatic carbocycles. The molecule has 0 bridgehead atoms. The Labute approximate surface area is 67.5 Å². The van der Waals surface area contributed by atoms with E-state index in [1.807, 2.05) is 0 Å². The standard InChI is InChI=1S/C8H5F2NO/c9-5-3-6(10)8-7(4-5)11-1-2-12-8/h1-4,11H. The van der Waals surface area contributed by atoms with Gasteiger partial charge in [-0.25, -0.2) is 8.78 Å². The first-order valence-electron chi connectivity index (χ1n) is 3.34. The number of benzene rings is 1. The van der Waals surface area contributed by atoms with Gasteiger partial charge in [0.2, 0.25) is 0 Å². The molecule has 0 saturated carbocycles. The topological polar surface area (TPSA) is 21.3 Å². The first kappa shape index (κ1) is 7.09. The molecule has 1 heterocycles. The summed E-state index contributed by atoms with van der Waals surface area (Å²) >= 11 is 0. The van der Waals surface area contributed by atoms with Crippen molar-refractivity contribution in [2.75, 3.05) is 5.32 Å². The third-order valence-electron chi connectivity index (χ3n) is 1.50. The molecule has 0 unspecified atom stereocenters. The Balaban J connectivity index is 2.57. The fraction of sp³-hybridized carbons (Fsp3) is 0. The average Bonchev–Trinajstić information content (AvgIpc) is 2.04. The van der Waals surface area contributed by atoms with Gasteiger partial charge in [-0.1, -0.05) is 0 Å². The summed E-state index contributed by atoms with van der Waals surface area (Å²) in [6.07, 6.45) is 2.75. The van der Waals surface area contributed by atoms with Crippen molar-refractivity contribution in [3.63, 3.8) is 0 Å². The molecule has 4 heteroatoms. The van der Waals surface area contributed by atoms with Crippen molar-refractivity contribution in [1.82, 2.24) is 0 Å². The van der Waals surface area contributed by atoms with E-state index < -0.39 is 11.6 Å². The van der Waals surface area contributed by atoms with Crippen LogP contribution in [0, 0.1) is 11.6 Å². The van der Waals surface area contributed by atoms with Gasteiger partial charge in [0.1, 0.15) is 12.1 Å². The highest BCUT2D eigenvalue weighted by atomic mass is 19.1. The molecule has 0 spiro atoms. The smallest absolute Gasteiger partial charge is 0.185 e. The molecular formula is C8H5F2NO. The Hall–Kier alpha value is -1.58. The predicted molar refractivity (Wildman–Crippen MR) is 39.7 cm³/mol. The maximum Gasteiger partial charge on any atom is 0.185 e. The summed E-state index contributed by atoms with van der Waals surface area (Å²) in [6, 6.07) is 1.95. The van der Waals surface area contributed by atoms with E-state index in [1.165, 1.54) is 18.5 Å². The molecule has 0 saturated heterocycles. The van der Waals surface area contributed by atoms with Gasteiger partial charge >= 0.3 is 0 Å². The van der Waals surface area contributed by atoms with Crippen LogP contribution in [0.2, 0.25) is 0 Å². The first-order chi connectivity index (χ1) is 5.77. The molecule has 1 N–H and O–H groups in total. The highest BCUT2D eigenvalue weighted by Crippen LogP contribution is 2.31. The van der Waals surface area contributed by atoms with Gasteiger partial charge in [-0.15, -0.1) is 0 Å². The first-order valence-corrected chi connectivity index (χ1v) is 3.34. The number of ether oxygens (including phenoxy) is 1. The zero-order chi connectivity index (χ0) is 8.55. The van der Waals surface area contributed by atoms with E-state index in [0.717, 1.165) is 6.07 Å². The summed E-state index contributed by atoms with van der Waals surface area (Å²) in [5, 5.41) is 2.66. The number of halogens is 2. The molecule has 2 rings (SSSR count). The molecule has 2 nitrogen and oxygen atoms in total. The summed E-state index contributed by atoms with van der Waals surface area (Å²) in [5.41, 5.74) is 0.301. The van der Waals surface area contributed by atoms with E-state index >= 15 is 0 Å². The zero-order valence-corrected chi connectivity index (χ0v) is 5.97. The normalized spacial score (nSPS) is 13.2. The Kier molecular flexibility index (Phi) is 1.46. The number of fused-ring (bicyclic) bond motifs is 1. The van der Waals surface area contributed by atoms with E-state index in [4.69, 9.17) is 4.74 Å². The molecule has 0 aliphatic carbocycles. The summed E-state index contributed by atoms with van der Waals surface area (Å²) < 4.78 is 30.3. The van der Waals surface area contributed by atoms with Crippen LogP contribution in [0.25, 0.3) is 0 Å². The summed E-state index contributed by atoms with van der Waals surface area (Å²) in [4.78, 5) is 0. The molecule has 0 fully saturated rings. The zero-order valence-electron chi connectivity index (χ0n) is 5.97.